The molecule has 2 aromatic rings. The Hall–Kier alpha value is -2.63. The molecule has 1 atom stereocenters. The summed E-state index contributed by atoms with van der Waals surface area (Å²) in [5.74, 6) is -0.363. The molecule has 0 aliphatic heterocycles. The Balaban J connectivity index is 2.05. The minimum Gasteiger partial charge on any atom is -0.350 e. The fourth-order valence-corrected chi connectivity index (χ4v) is 2.56. The van der Waals surface area contributed by atoms with Crippen LogP contribution in [0.25, 0.3) is 5.69 Å². The summed E-state index contributed by atoms with van der Waals surface area (Å²) in [6, 6.07) is 9.28. The van der Waals surface area contributed by atoms with Crippen molar-refractivity contribution in [3.8, 4) is 5.69 Å². The summed E-state index contributed by atoms with van der Waals surface area (Å²) in [5.41, 5.74) is 3.30. The zero-order valence-electron chi connectivity index (χ0n) is 16.4. The predicted octanol–water partition coefficient (Wildman–Crippen LogP) is 2.66. The molecule has 0 aliphatic carbocycles. The first kappa shape index (κ1) is 19.7. The number of nitrogens with zero attached hydrogens (tertiary/aromatic N) is 2. The second-order valence-corrected chi connectivity index (χ2v) is 7.56. The molecule has 1 heterocycles. The van der Waals surface area contributed by atoms with E-state index in [1.54, 1.807) is 6.92 Å². The van der Waals surface area contributed by atoms with Crippen molar-refractivity contribution in [1.82, 2.24) is 20.4 Å². The Kier molecular flexibility index (Phi) is 5.85. The number of nitrogens with one attached hydrogen (secondary N) is 2. The highest BCUT2D eigenvalue weighted by Gasteiger charge is 2.25. The number of amides is 2. The van der Waals surface area contributed by atoms with Gasteiger partial charge in [0.05, 0.1) is 11.4 Å². The normalized spacial score (nSPS) is 12.5. The molecule has 2 amide bonds. The lowest BCUT2D eigenvalue weighted by Crippen LogP contribution is -2.48. The van der Waals surface area contributed by atoms with Crippen molar-refractivity contribution in [3.63, 3.8) is 0 Å². The van der Waals surface area contributed by atoms with Gasteiger partial charge in [-0.2, -0.15) is 5.10 Å². The van der Waals surface area contributed by atoms with Gasteiger partial charge >= 0.3 is 0 Å². The summed E-state index contributed by atoms with van der Waals surface area (Å²) in [4.78, 5) is 24.3. The van der Waals surface area contributed by atoms with Crippen LogP contribution in [0.3, 0.4) is 0 Å². The third kappa shape index (κ3) is 4.50. The minimum atomic E-state index is -0.591. The van der Waals surface area contributed by atoms with Crippen molar-refractivity contribution in [2.45, 2.75) is 54.1 Å². The molecule has 140 valence electrons. The topological polar surface area (TPSA) is 76.0 Å². The van der Waals surface area contributed by atoms with E-state index in [1.165, 1.54) is 0 Å². The monoisotopic (exact) mass is 356 g/mol. The molecule has 2 rings (SSSR count). The van der Waals surface area contributed by atoms with Gasteiger partial charge in [-0.15, -0.1) is 0 Å². The summed E-state index contributed by atoms with van der Waals surface area (Å²) in [6.07, 6.45) is 0. The van der Waals surface area contributed by atoms with E-state index < -0.39 is 11.5 Å². The van der Waals surface area contributed by atoms with Crippen LogP contribution in [-0.2, 0) is 16.1 Å². The maximum absolute atomic E-state index is 12.3. The Bertz CT molecular complexity index is 788. The van der Waals surface area contributed by atoms with Crippen LogP contribution in [0.5, 0.6) is 0 Å². The van der Waals surface area contributed by atoms with Crippen LogP contribution >= 0.6 is 0 Å². The van der Waals surface area contributed by atoms with Crippen LogP contribution in [-0.4, -0.2) is 27.6 Å². The molecule has 1 aromatic carbocycles. The first-order valence-electron chi connectivity index (χ1n) is 8.80. The summed E-state index contributed by atoms with van der Waals surface area (Å²) < 4.78 is 1.88. The van der Waals surface area contributed by atoms with Crippen molar-refractivity contribution in [1.29, 1.82) is 0 Å². The van der Waals surface area contributed by atoms with Gasteiger partial charge in [-0.3, -0.25) is 9.59 Å². The minimum absolute atomic E-state index is 0.149. The zero-order valence-corrected chi connectivity index (χ0v) is 16.4. The summed E-state index contributed by atoms with van der Waals surface area (Å²) in [5, 5.41) is 10.2. The fourth-order valence-electron chi connectivity index (χ4n) is 2.56. The maximum atomic E-state index is 12.3. The van der Waals surface area contributed by atoms with Gasteiger partial charge in [-0.05, 0) is 32.9 Å². The molecule has 0 radical (unpaired) electrons. The highest BCUT2D eigenvalue weighted by atomic mass is 16.2. The van der Waals surface area contributed by atoms with Gasteiger partial charge in [0, 0.05) is 23.2 Å². The molecule has 0 bridgehead atoms. The van der Waals surface area contributed by atoms with Gasteiger partial charge < -0.3 is 10.6 Å². The summed E-state index contributed by atoms with van der Waals surface area (Å²) in [7, 11) is 0. The SMILES string of the molecule is Cc1nn(-c2ccccc2)c(C)c1CNC(=O)C(C)NC(=O)C(C)(C)C. The van der Waals surface area contributed by atoms with Crippen molar-refractivity contribution < 1.29 is 9.59 Å². The average Bonchev–Trinajstić information content (AvgIpc) is 2.86. The van der Waals surface area contributed by atoms with E-state index in [2.05, 4.69) is 15.7 Å². The van der Waals surface area contributed by atoms with E-state index in [1.807, 2.05) is 69.6 Å². The number of carbonyl (C=O) groups is 2. The lowest BCUT2D eigenvalue weighted by Gasteiger charge is -2.21. The quantitative estimate of drug-likeness (QED) is 0.865. The fraction of sp³-hybridized carbons (Fsp3) is 0.450. The third-order valence-corrected chi connectivity index (χ3v) is 4.30. The summed E-state index contributed by atoms with van der Waals surface area (Å²) in [6.45, 7) is 11.4. The van der Waals surface area contributed by atoms with E-state index in [0.29, 0.717) is 6.54 Å². The van der Waals surface area contributed by atoms with E-state index in [0.717, 1.165) is 22.6 Å². The molecule has 2 N–H and O–H groups in total. The highest BCUT2D eigenvalue weighted by Crippen LogP contribution is 2.17. The van der Waals surface area contributed by atoms with Gasteiger partial charge in [-0.25, -0.2) is 4.68 Å². The Morgan fingerprint density at radius 3 is 2.35 bits per heavy atom. The van der Waals surface area contributed by atoms with Crippen LogP contribution in [0.4, 0.5) is 0 Å². The maximum Gasteiger partial charge on any atom is 0.242 e. The van der Waals surface area contributed by atoms with Gasteiger partial charge in [0.2, 0.25) is 11.8 Å². The van der Waals surface area contributed by atoms with Gasteiger partial charge in [0.25, 0.3) is 0 Å². The van der Waals surface area contributed by atoms with Gasteiger partial charge in [-0.1, -0.05) is 39.0 Å². The summed E-state index contributed by atoms with van der Waals surface area (Å²) >= 11 is 0. The van der Waals surface area contributed by atoms with Crippen LogP contribution in [0.15, 0.2) is 30.3 Å². The highest BCUT2D eigenvalue weighted by molar-refractivity contribution is 5.89. The standard InChI is InChI=1S/C20H28N4O2/c1-13-17(15(3)24(23-13)16-10-8-7-9-11-16)12-21-18(25)14(2)22-19(26)20(4,5)6/h7-11,14H,12H2,1-6H3,(H,21,25)(H,22,26). The van der Waals surface area contributed by atoms with Crippen molar-refractivity contribution in [3.05, 3.63) is 47.3 Å². The average molecular weight is 356 g/mol. The second kappa shape index (κ2) is 7.72. The molecule has 0 saturated carbocycles. The van der Waals surface area contributed by atoms with Crippen molar-refractivity contribution in [2.75, 3.05) is 0 Å². The lowest BCUT2D eigenvalue weighted by molar-refractivity contribution is -0.133. The van der Waals surface area contributed by atoms with Gasteiger partial charge in [0.1, 0.15) is 6.04 Å². The van der Waals surface area contributed by atoms with Crippen LogP contribution < -0.4 is 10.6 Å². The Morgan fingerprint density at radius 2 is 1.77 bits per heavy atom. The molecule has 6 nitrogen and oxygen atoms in total. The number of aryl methyl sites for hydroxylation is 1. The molecule has 1 unspecified atom stereocenters. The van der Waals surface area contributed by atoms with Crippen molar-refractivity contribution in [2.24, 2.45) is 5.41 Å². The van der Waals surface area contributed by atoms with E-state index >= 15 is 0 Å². The van der Waals surface area contributed by atoms with Crippen LogP contribution in [0, 0.1) is 19.3 Å². The number of aromatic nitrogens is 2. The Labute approximate surface area is 155 Å². The third-order valence-electron chi connectivity index (χ3n) is 4.30. The molecule has 26 heavy (non-hydrogen) atoms. The molecular weight excluding hydrogens is 328 g/mol. The van der Waals surface area contributed by atoms with Crippen molar-refractivity contribution >= 4 is 11.8 Å². The molecule has 0 fully saturated rings. The molecule has 1 aromatic heterocycles. The first-order valence-corrected chi connectivity index (χ1v) is 8.80. The van der Waals surface area contributed by atoms with Gasteiger partial charge in [0.15, 0.2) is 0 Å². The predicted molar refractivity (Wildman–Crippen MR) is 102 cm³/mol. The number of hydrogen-bond donors (Lipinski definition) is 2. The van der Waals surface area contributed by atoms with Crippen LogP contribution in [0.2, 0.25) is 0 Å². The first-order chi connectivity index (χ1) is 12.1. The van der Waals surface area contributed by atoms with E-state index in [-0.39, 0.29) is 11.8 Å². The number of benzene rings is 1. The molecule has 0 spiro atoms. The number of carbonyl (C=O) groups excluding carboxylic acids is 2. The number of hydrogen-bond acceptors (Lipinski definition) is 3. The largest absolute Gasteiger partial charge is 0.350 e. The zero-order chi connectivity index (χ0) is 19.5. The lowest BCUT2D eigenvalue weighted by atomic mass is 9.95. The molecule has 0 saturated heterocycles. The molecular formula is C20H28N4O2. The van der Waals surface area contributed by atoms with Crippen LogP contribution in [0.1, 0.15) is 44.6 Å². The van der Waals surface area contributed by atoms with E-state index in [4.69, 9.17) is 0 Å². The molecule has 0 aliphatic rings. The smallest absolute Gasteiger partial charge is 0.242 e. The number of rotatable bonds is 5. The number of para-hydroxylation sites is 1. The molecule has 6 heteroatoms. The Morgan fingerprint density at radius 1 is 1.15 bits per heavy atom. The second-order valence-electron chi connectivity index (χ2n) is 7.56. The van der Waals surface area contributed by atoms with E-state index in [9.17, 15) is 9.59 Å².